The Morgan fingerprint density at radius 1 is 1.31 bits per heavy atom. The highest BCUT2D eigenvalue weighted by Crippen LogP contribution is 2.04. The van der Waals surface area contributed by atoms with Crippen LogP contribution >= 0.6 is 0 Å². The van der Waals surface area contributed by atoms with Crippen molar-refractivity contribution in [1.29, 1.82) is 0 Å². The first kappa shape index (κ1) is 15.4. The third kappa shape index (κ3) is 6.79. The SMILES string of the molecule is CCCC(NS(=O)(=O)CCC(C)C)C(=O)O. The Morgan fingerprint density at radius 3 is 2.25 bits per heavy atom. The first-order chi connectivity index (χ1) is 7.28. The molecule has 0 aromatic heterocycles. The number of aliphatic carboxylic acids is 1. The number of rotatable bonds is 8. The molecule has 0 aliphatic rings. The summed E-state index contributed by atoms with van der Waals surface area (Å²) in [6, 6.07) is -0.998. The van der Waals surface area contributed by atoms with Crippen molar-refractivity contribution < 1.29 is 18.3 Å². The maximum atomic E-state index is 11.6. The fourth-order valence-electron chi connectivity index (χ4n) is 1.19. The monoisotopic (exact) mass is 251 g/mol. The lowest BCUT2D eigenvalue weighted by Gasteiger charge is -2.14. The van der Waals surface area contributed by atoms with Crippen molar-refractivity contribution in [2.45, 2.75) is 46.1 Å². The van der Waals surface area contributed by atoms with Crippen molar-refractivity contribution in [2.24, 2.45) is 5.92 Å². The number of sulfonamides is 1. The van der Waals surface area contributed by atoms with E-state index in [4.69, 9.17) is 5.11 Å². The molecule has 6 heteroatoms. The summed E-state index contributed by atoms with van der Waals surface area (Å²) < 4.78 is 25.3. The van der Waals surface area contributed by atoms with E-state index >= 15 is 0 Å². The lowest BCUT2D eigenvalue weighted by Crippen LogP contribution is -2.41. The predicted octanol–water partition coefficient (Wildman–Crippen LogP) is 1.21. The smallest absolute Gasteiger partial charge is 0.321 e. The summed E-state index contributed by atoms with van der Waals surface area (Å²) in [5.74, 6) is -0.848. The van der Waals surface area contributed by atoms with E-state index in [1.165, 1.54) is 0 Å². The van der Waals surface area contributed by atoms with Gasteiger partial charge in [0.05, 0.1) is 5.75 Å². The molecule has 0 bridgehead atoms. The van der Waals surface area contributed by atoms with Gasteiger partial charge in [-0.3, -0.25) is 4.79 Å². The maximum absolute atomic E-state index is 11.6. The van der Waals surface area contributed by atoms with Crippen molar-refractivity contribution in [3.63, 3.8) is 0 Å². The van der Waals surface area contributed by atoms with Gasteiger partial charge in [-0.2, -0.15) is 0 Å². The zero-order chi connectivity index (χ0) is 12.8. The van der Waals surface area contributed by atoms with Gasteiger partial charge in [0.2, 0.25) is 10.0 Å². The van der Waals surface area contributed by atoms with Crippen molar-refractivity contribution in [3.05, 3.63) is 0 Å². The molecule has 0 aliphatic heterocycles. The van der Waals surface area contributed by atoms with E-state index in [1.807, 2.05) is 20.8 Å². The standard InChI is InChI=1S/C10H21NO4S/c1-4-5-9(10(12)13)11-16(14,15)7-6-8(2)3/h8-9,11H,4-7H2,1-3H3,(H,12,13). The molecule has 16 heavy (non-hydrogen) atoms. The number of carboxylic acids is 1. The van der Waals surface area contributed by atoms with Crippen molar-refractivity contribution in [2.75, 3.05) is 5.75 Å². The van der Waals surface area contributed by atoms with Gasteiger partial charge in [-0.05, 0) is 18.8 Å². The fourth-order valence-corrected chi connectivity index (χ4v) is 2.74. The largest absolute Gasteiger partial charge is 0.480 e. The zero-order valence-corrected chi connectivity index (χ0v) is 10.9. The average molecular weight is 251 g/mol. The fraction of sp³-hybridized carbons (Fsp3) is 0.900. The van der Waals surface area contributed by atoms with Crippen LogP contribution in [0.2, 0.25) is 0 Å². The molecule has 1 atom stereocenters. The molecule has 0 aliphatic carbocycles. The molecule has 0 radical (unpaired) electrons. The quantitative estimate of drug-likeness (QED) is 0.679. The van der Waals surface area contributed by atoms with Crippen LogP contribution in [0, 0.1) is 5.92 Å². The van der Waals surface area contributed by atoms with Gasteiger partial charge in [-0.15, -0.1) is 0 Å². The van der Waals surface area contributed by atoms with Crippen molar-refractivity contribution in [3.8, 4) is 0 Å². The van der Waals surface area contributed by atoms with Gasteiger partial charge < -0.3 is 5.11 Å². The highest BCUT2D eigenvalue weighted by Gasteiger charge is 2.22. The van der Waals surface area contributed by atoms with Crippen LogP contribution < -0.4 is 4.72 Å². The van der Waals surface area contributed by atoms with Gasteiger partial charge in [-0.1, -0.05) is 27.2 Å². The van der Waals surface area contributed by atoms with Crippen molar-refractivity contribution in [1.82, 2.24) is 4.72 Å². The highest BCUT2D eigenvalue weighted by molar-refractivity contribution is 7.89. The average Bonchev–Trinajstić information content (AvgIpc) is 2.14. The van der Waals surface area contributed by atoms with Crippen LogP contribution in [0.15, 0.2) is 0 Å². The lowest BCUT2D eigenvalue weighted by molar-refractivity contribution is -0.139. The molecule has 0 heterocycles. The Morgan fingerprint density at radius 2 is 1.88 bits per heavy atom. The molecule has 0 aromatic carbocycles. The van der Waals surface area contributed by atoms with Crippen LogP contribution in [0.3, 0.4) is 0 Å². The third-order valence-electron chi connectivity index (χ3n) is 2.16. The molecule has 0 fully saturated rings. The van der Waals surface area contributed by atoms with Crippen LogP contribution in [0.1, 0.15) is 40.0 Å². The Bertz CT molecular complexity index is 311. The molecule has 2 N–H and O–H groups in total. The number of hydrogen-bond acceptors (Lipinski definition) is 3. The van der Waals surface area contributed by atoms with Gasteiger partial charge in [0.15, 0.2) is 0 Å². The highest BCUT2D eigenvalue weighted by atomic mass is 32.2. The number of nitrogens with one attached hydrogen (secondary N) is 1. The second-order valence-electron chi connectivity index (χ2n) is 4.30. The molecule has 0 spiro atoms. The molecular formula is C10H21NO4S. The third-order valence-corrected chi connectivity index (χ3v) is 3.58. The topological polar surface area (TPSA) is 83.5 Å². The van der Waals surface area contributed by atoms with Crippen molar-refractivity contribution >= 4 is 16.0 Å². The van der Waals surface area contributed by atoms with E-state index in [-0.39, 0.29) is 11.7 Å². The number of carboxylic acid groups (broad SMARTS) is 1. The van der Waals surface area contributed by atoms with Gasteiger partial charge in [0.1, 0.15) is 6.04 Å². The van der Waals surface area contributed by atoms with E-state index < -0.39 is 22.0 Å². The molecule has 0 aromatic rings. The molecule has 0 rings (SSSR count). The molecule has 0 saturated carbocycles. The Balaban J connectivity index is 4.36. The molecule has 1 unspecified atom stereocenters. The summed E-state index contributed by atoms with van der Waals surface area (Å²) in [7, 11) is -3.47. The van der Waals surface area contributed by atoms with Crippen LogP contribution in [0.5, 0.6) is 0 Å². The van der Waals surface area contributed by atoms with Gasteiger partial charge in [0, 0.05) is 0 Å². The Hall–Kier alpha value is -0.620. The molecule has 5 nitrogen and oxygen atoms in total. The van der Waals surface area contributed by atoms with Crippen LogP contribution in [0.25, 0.3) is 0 Å². The zero-order valence-electron chi connectivity index (χ0n) is 10.1. The summed E-state index contributed by atoms with van der Waals surface area (Å²) >= 11 is 0. The lowest BCUT2D eigenvalue weighted by atomic mass is 10.2. The molecule has 96 valence electrons. The number of hydrogen-bond donors (Lipinski definition) is 2. The maximum Gasteiger partial charge on any atom is 0.321 e. The first-order valence-electron chi connectivity index (χ1n) is 5.51. The van der Waals surface area contributed by atoms with E-state index in [9.17, 15) is 13.2 Å². The minimum absolute atomic E-state index is 0.0157. The number of carbonyl (C=O) groups is 1. The Labute approximate surface area is 97.3 Å². The minimum Gasteiger partial charge on any atom is -0.480 e. The Kier molecular flexibility index (Phi) is 6.59. The summed E-state index contributed by atoms with van der Waals surface area (Å²) in [5.41, 5.74) is 0. The normalized spacial score (nSPS) is 14.0. The summed E-state index contributed by atoms with van der Waals surface area (Å²) in [5, 5.41) is 8.82. The van der Waals surface area contributed by atoms with Crippen LogP contribution in [-0.2, 0) is 14.8 Å². The minimum atomic E-state index is -3.47. The summed E-state index contributed by atoms with van der Waals surface area (Å²) in [6.45, 7) is 5.67. The van der Waals surface area contributed by atoms with E-state index in [1.54, 1.807) is 0 Å². The van der Waals surface area contributed by atoms with E-state index in [2.05, 4.69) is 4.72 Å². The van der Waals surface area contributed by atoms with E-state index in [0.717, 1.165) is 0 Å². The van der Waals surface area contributed by atoms with Gasteiger partial charge in [-0.25, -0.2) is 13.1 Å². The van der Waals surface area contributed by atoms with Crippen LogP contribution in [-0.4, -0.2) is 31.3 Å². The summed E-state index contributed by atoms with van der Waals surface area (Å²) in [4.78, 5) is 10.8. The van der Waals surface area contributed by atoms with E-state index in [0.29, 0.717) is 19.3 Å². The predicted molar refractivity (Wildman–Crippen MR) is 62.7 cm³/mol. The first-order valence-corrected chi connectivity index (χ1v) is 7.16. The second kappa shape index (κ2) is 6.85. The molecular weight excluding hydrogens is 230 g/mol. The van der Waals surface area contributed by atoms with Gasteiger partial charge >= 0.3 is 5.97 Å². The molecule has 0 amide bonds. The molecule has 0 saturated heterocycles. The second-order valence-corrected chi connectivity index (χ2v) is 6.17. The van der Waals surface area contributed by atoms with Gasteiger partial charge in [0.25, 0.3) is 0 Å². The van der Waals surface area contributed by atoms with Crippen LogP contribution in [0.4, 0.5) is 0 Å². The summed E-state index contributed by atoms with van der Waals surface area (Å²) in [6.07, 6.45) is 1.48.